The molecule has 0 spiro atoms. The fourth-order valence-corrected chi connectivity index (χ4v) is 1.95. The van der Waals surface area contributed by atoms with Crippen molar-refractivity contribution in [1.82, 2.24) is 0 Å². The third-order valence-corrected chi connectivity index (χ3v) is 3.20. The molecule has 2 amide bonds. The summed E-state index contributed by atoms with van der Waals surface area (Å²) in [7, 11) is 0. The highest BCUT2D eigenvalue weighted by atomic mass is 19.1. The molecule has 24 heavy (non-hydrogen) atoms. The molecule has 6 heteroatoms. The maximum absolute atomic E-state index is 13.3. The number of halogens is 1. The quantitative estimate of drug-likeness (QED) is 0.738. The molecular weight excluding hydrogens is 309 g/mol. The van der Waals surface area contributed by atoms with Gasteiger partial charge in [-0.25, -0.2) is 4.39 Å². The van der Waals surface area contributed by atoms with Gasteiger partial charge in [-0.3, -0.25) is 9.59 Å². The second kappa shape index (κ2) is 8.03. The Morgan fingerprint density at radius 2 is 1.79 bits per heavy atom. The van der Waals surface area contributed by atoms with Crippen LogP contribution in [0.4, 0.5) is 15.8 Å². The zero-order chi connectivity index (χ0) is 17.5. The van der Waals surface area contributed by atoms with E-state index in [1.807, 2.05) is 31.2 Å². The van der Waals surface area contributed by atoms with E-state index in [9.17, 15) is 14.0 Å². The van der Waals surface area contributed by atoms with Crippen LogP contribution in [-0.2, 0) is 9.59 Å². The van der Waals surface area contributed by atoms with E-state index in [-0.39, 0.29) is 17.9 Å². The van der Waals surface area contributed by atoms with E-state index in [1.54, 1.807) is 6.08 Å². The van der Waals surface area contributed by atoms with Gasteiger partial charge in [-0.1, -0.05) is 29.8 Å². The molecule has 0 unspecified atom stereocenters. The first-order valence-electron chi connectivity index (χ1n) is 7.33. The molecule has 0 saturated heterocycles. The molecule has 124 valence electrons. The highest BCUT2D eigenvalue weighted by molar-refractivity contribution is 6.05. The number of carbonyl (C=O) groups excluding carboxylic acids is 2. The summed E-state index contributed by atoms with van der Waals surface area (Å²) in [6, 6.07) is 11.4. The molecule has 0 bridgehead atoms. The molecule has 0 radical (unpaired) electrons. The second-order valence-electron chi connectivity index (χ2n) is 5.18. The Kier molecular flexibility index (Phi) is 5.81. The van der Waals surface area contributed by atoms with Gasteiger partial charge in [-0.05, 0) is 36.8 Å². The number of nitrogens with two attached hydrogens (primary N) is 1. The molecular formula is C18H18FN3O2. The molecule has 0 aromatic heterocycles. The average Bonchev–Trinajstić information content (AvgIpc) is 2.56. The SMILES string of the molecule is Cc1ccc(/C=C/C(=O)Nc2ccc(F)cc2NC(=O)CN)cc1. The van der Waals surface area contributed by atoms with Gasteiger partial charge in [0.15, 0.2) is 0 Å². The van der Waals surface area contributed by atoms with Gasteiger partial charge < -0.3 is 16.4 Å². The van der Waals surface area contributed by atoms with Crippen LogP contribution >= 0.6 is 0 Å². The van der Waals surface area contributed by atoms with E-state index in [0.717, 1.165) is 17.2 Å². The van der Waals surface area contributed by atoms with Crippen molar-refractivity contribution in [3.63, 3.8) is 0 Å². The number of nitrogens with one attached hydrogen (secondary N) is 2. The van der Waals surface area contributed by atoms with Crippen molar-refractivity contribution in [2.45, 2.75) is 6.92 Å². The largest absolute Gasteiger partial charge is 0.323 e. The normalized spacial score (nSPS) is 10.6. The zero-order valence-corrected chi connectivity index (χ0v) is 13.2. The van der Waals surface area contributed by atoms with Crippen LogP contribution in [0.5, 0.6) is 0 Å². The molecule has 0 atom stereocenters. The maximum Gasteiger partial charge on any atom is 0.248 e. The minimum Gasteiger partial charge on any atom is -0.323 e. The van der Waals surface area contributed by atoms with E-state index in [0.29, 0.717) is 0 Å². The standard InChI is InChI=1S/C18H18FN3O2/c1-12-2-4-13(5-3-12)6-9-17(23)21-15-8-7-14(19)10-16(15)22-18(24)11-20/h2-10H,11,20H2,1H3,(H,21,23)(H,22,24)/b9-6+. The number of amides is 2. The molecule has 4 N–H and O–H groups in total. The minimum absolute atomic E-state index is 0.155. The van der Waals surface area contributed by atoms with Crippen LogP contribution in [-0.4, -0.2) is 18.4 Å². The van der Waals surface area contributed by atoms with Gasteiger partial charge in [0.25, 0.3) is 0 Å². The molecule has 0 fully saturated rings. The van der Waals surface area contributed by atoms with Crippen LogP contribution in [0.3, 0.4) is 0 Å². The first-order valence-corrected chi connectivity index (χ1v) is 7.33. The molecule has 2 aromatic rings. The lowest BCUT2D eigenvalue weighted by Gasteiger charge is -2.11. The first kappa shape index (κ1) is 17.4. The summed E-state index contributed by atoms with van der Waals surface area (Å²) in [6.07, 6.45) is 3.03. The number of rotatable bonds is 5. The summed E-state index contributed by atoms with van der Waals surface area (Å²) in [5.41, 5.74) is 7.68. The van der Waals surface area contributed by atoms with Crippen LogP contribution in [0.15, 0.2) is 48.5 Å². The van der Waals surface area contributed by atoms with Crippen molar-refractivity contribution in [1.29, 1.82) is 0 Å². The summed E-state index contributed by atoms with van der Waals surface area (Å²) in [5.74, 6) is -1.41. The number of hydrogen-bond acceptors (Lipinski definition) is 3. The Bertz CT molecular complexity index is 770. The fourth-order valence-electron chi connectivity index (χ4n) is 1.95. The number of carbonyl (C=O) groups is 2. The Balaban J connectivity index is 2.10. The van der Waals surface area contributed by atoms with Crippen molar-refractivity contribution in [3.05, 3.63) is 65.5 Å². The number of hydrogen-bond donors (Lipinski definition) is 3. The molecule has 5 nitrogen and oxygen atoms in total. The molecule has 2 rings (SSSR count). The highest BCUT2D eigenvalue weighted by Crippen LogP contribution is 2.22. The van der Waals surface area contributed by atoms with Gasteiger partial charge in [0, 0.05) is 6.08 Å². The molecule has 0 saturated carbocycles. The summed E-state index contributed by atoms with van der Waals surface area (Å²) < 4.78 is 13.3. The molecule has 0 aliphatic rings. The van der Waals surface area contributed by atoms with Gasteiger partial charge in [0.1, 0.15) is 5.82 Å². The summed E-state index contributed by atoms with van der Waals surface area (Å²) in [4.78, 5) is 23.4. The summed E-state index contributed by atoms with van der Waals surface area (Å²) in [5, 5.41) is 5.04. The van der Waals surface area contributed by atoms with E-state index in [1.165, 1.54) is 18.2 Å². The number of anilines is 2. The smallest absolute Gasteiger partial charge is 0.248 e. The van der Waals surface area contributed by atoms with Crippen LogP contribution < -0.4 is 16.4 Å². The Morgan fingerprint density at radius 3 is 2.46 bits per heavy atom. The lowest BCUT2D eigenvalue weighted by atomic mass is 10.1. The van der Waals surface area contributed by atoms with Crippen LogP contribution in [0, 0.1) is 12.7 Å². The minimum atomic E-state index is -0.532. The highest BCUT2D eigenvalue weighted by Gasteiger charge is 2.09. The topological polar surface area (TPSA) is 84.2 Å². The zero-order valence-electron chi connectivity index (χ0n) is 13.2. The molecule has 0 aliphatic heterocycles. The van der Waals surface area contributed by atoms with E-state index in [2.05, 4.69) is 10.6 Å². The van der Waals surface area contributed by atoms with E-state index < -0.39 is 17.6 Å². The van der Waals surface area contributed by atoms with Gasteiger partial charge in [-0.15, -0.1) is 0 Å². The van der Waals surface area contributed by atoms with Gasteiger partial charge in [-0.2, -0.15) is 0 Å². The Labute approximate surface area is 139 Å². The lowest BCUT2D eigenvalue weighted by molar-refractivity contribution is -0.115. The van der Waals surface area contributed by atoms with Crippen LogP contribution in [0.25, 0.3) is 6.08 Å². The average molecular weight is 327 g/mol. The van der Waals surface area contributed by atoms with Gasteiger partial charge in [0.2, 0.25) is 11.8 Å². The van der Waals surface area contributed by atoms with Crippen molar-refractivity contribution in [2.75, 3.05) is 17.2 Å². The lowest BCUT2D eigenvalue weighted by Crippen LogP contribution is -2.23. The first-order chi connectivity index (χ1) is 11.5. The second-order valence-corrected chi connectivity index (χ2v) is 5.18. The van der Waals surface area contributed by atoms with Crippen molar-refractivity contribution >= 4 is 29.3 Å². The van der Waals surface area contributed by atoms with Crippen molar-refractivity contribution in [2.24, 2.45) is 5.73 Å². The van der Waals surface area contributed by atoms with Crippen LogP contribution in [0.1, 0.15) is 11.1 Å². The van der Waals surface area contributed by atoms with E-state index in [4.69, 9.17) is 5.73 Å². The predicted molar refractivity (Wildman–Crippen MR) is 92.9 cm³/mol. The maximum atomic E-state index is 13.3. The third kappa shape index (κ3) is 5.03. The fraction of sp³-hybridized carbons (Fsp3) is 0.111. The summed E-state index contributed by atoms with van der Waals surface area (Å²) >= 11 is 0. The van der Waals surface area contributed by atoms with Gasteiger partial charge >= 0.3 is 0 Å². The van der Waals surface area contributed by atoms with Crippen LogP contribution in [0.2, 0.25) is 0 Å². The monoisotopic (exact) mass is 327 g/mol. The molecule has 0 heterocycles. The third-order valence-electron chi connectivity index (χ3n) is 3.20. The molecule has 0 aliphatic carbocycles. The van der Waals surface area contributed by atoms with E-state index >= 15 is 0 Å². The Hall–Kier alpha value is -2.99. The van der Waals surface area contributed by atoms with Crippen molar-refractivity contribution < 1.29 is 14.0 Å². The van der Waals surface area contributed by atoms with Crippen molar-refractivity contribution in [3.8, 4) is 0 Å². The number of aryl methyl sites for hydroxylation is 1. The molecule has 2 aromatic carbocycles. The Morgan fingerprint density at radius 1 is 1.08 bits per heavy atom. The summed E-state index contributed by atoms with van der Waals surface area (Å²) in [6.45, 7) is 1.74. The number of benzene rings is 2. The van der Waals surface area contributed by atoms with Gasteiger partial charge in [0.05, 0.1) is 17.9 Å². The predicted octanol–water partition coefficient (Wildman–Crippen LogP) is 2.68.